The molecule has 0 unspecified atom stereocenters. The molecule has 15 heavy (non-hydrogen) atoms. The Kier molecular flexibility index (Phi) is 3.49. The molecule has 1 aromatic rings. The highest BCUT2D eigenvalue weighted by atomic mass is 19.4. The molecule has 0 aliphatic carbocycles. The number of Topliss-reactive ketones (excluding diaryl/α,β-unsaturated/α-hetero) is 1. The molecule has 0 atom stereocenters. The Morgan fingerprint density at radius 2 is 2.20 bits per heavy atom. The predicted molar refractivity (Wildman–Crippen MR) is 47.5 cm³/mol. The van der Waals surface area contributed by atoms with Gasteiger partial charge in [-0.05, 0) is 6.42 Å². The van der Waals surface area contributed by atoms with Crippen LogP contribution >= 0.6 is 0 Å². The van der Waals surface area contributed by atoms with E-state index in [1.54, 1.807) is 0 Å². The van der Waals surface area contributed by atoms with Crippen molar-refractivity contribution < 1.29 is 18.0 Å². The highest BCUT2D eigenvalue weighted by Gasteiger charge is 2.31. The van der Waals surface area contributed by atoms with Crippen LogP contribution in [0.25, 0.3) is 0 Å². The molecule has 1 aromatic heterocycles. The number of aryl methyl sites for hydroxylation is 1. The van der Waals surface area contributed by atoms with Crippen LogP contribution in [0.2, 0.25) is 0 Å². The average Bonchev–Trinajstić information content (AvgIpc) is 2.50. The number of carbonyl (C=O) groups excluding carboxylic acids is 1. The molecular weight excluding hydrogens is 209 g/mol. The maximum absolute atomic E-state index is 11.9. The monoisotopic (exact) mass is 220 g/mol. The first-order valence-electron chi connectivity index (χ1n) is 4.55. The molecule has 1 heterocycles. The first-order chi connectivity index (χ1) is 6.92. The van der Waals surface area contributed by atoms with E-state index in [1.165, 1.54) is 17.1 Å². The molecule has 0 amide bonds. The number of ketones is 1. The highest BCUT2D eigenvalue weighted by Crippen LogP contribution is 2.21. The molecule has 0 aromatic carbocycles. The lowest BCUT2D eigenvalue weighted by Crippen LogP contribution is -2.14. The van der Waals surface area contributed by atoms with Crippen molar-refractivity contribution in [3.05, 3.63) is 18.0 Å². The minimum absolute atomic E-state index is 0.0146. The van der Waals surface area contributed by atoms with Gasteiger partial charge >= 0.3 is 6.18 Å². The summed E-state index contributed by atoms with van der Waals surface area (Å²) in [6, 6.07) is 0. The van der Waals surface area contributed by atoms with Crippen LogP contribution in [0.4, 0.5) is 13.2 Å². The fourth-order valence-corrected chi connectivity index (χ4v) is 1.14. The van der Waals surface area contributed by atoms with Crippen LogP contribution in [-0.2, 0) is 6.54 Å². The molecule has 0 aliphatic heterocycles. The topological polar surface area (TPSA) is 34.9 Å². The van der Waals surface area contributed by atoms with E-state index in [4.69, 9.17) is 0 Å². The van der Waals surface area contributed by atoms with Crippen LogP contribution in [-0.4, -0.2) is 21.7 Å². The van der Waals surface area contributed by atoms with Crippen molar-refractivity contribution in [1.82, 2.24) is 9.78 Å². The lowest BCUT2D eigenvalue weighted by Gasteiger charge is -2.02. The zero-order chi connectivity index (χ0) is 11.5. The summed E-state index contributed by atoms with van der Waals surface area (Å²) in [4.78, 5) is 11.1. The smallest absolute Gasteiger partial charge is 0.294 e. The Morgan fingerprint density at radius 3 is 2.73 bits per heavy atom. The number of rotatable bonds is 4. The van der Waals surface area contributed by atoms with Crippen molar-refractivity contribution in [2.45, 2.75) is 32.5 Å². The Bertz CT molecular complexity index is 343. The van der Waals surface area contributed by atoms with Gasteiger partial charge in [-0.3, -0.25) is 9.48 Å². The Labute approximate surface area is 84.9 Å². The van der Waals surface area contributed by atoms with E-state index in [0.29, 0.717) is 6.54 Å². The van der Waals surface area contributed by atoms with Gasteiger partial charge in [0.2, 0.25) is 0 Å². The number of nitrogens with zero attached hydrogens (tertiary/aromatic N) is 2. The minimum Gasteiger partial charge on any atom is -0.294 e. The fourth-order valence-electron chi connectivity index (χ4n) is 1.14. The van der Waals surface area contributed by atoms with Crippen LogP contribution in [0, 0.1) is 0 Å². The van der Waals surface area contributed by atoms with Crippen LogP contribution in [0.3, 0.4) is 0 Å². The standard InChI is InChI=1S/C9H11F3N2O/c1-2-3-14-6-7(5-13-14)8(15)4-9(10,11)12/h5-6H,2-4H2,1H3. The molecule has 0 fully saturated rings. The number of hydrogen-bond acceptors (Lipinski definition) is 2. The molecule has 0 radical (unpaired) electrons. The van der Waals surface area contributed by atoms with Gasteiger partial charge in [0.1, 0.15) is 6.42 Å². The third-order valence-electron chi connectivity index (χ3n) is 1.77. The number of carbonyl (C=O) groups is 1. The summed E-state index contributed by atoms with van der Waals surface area (Å²) >= 11 is 0. The van der Waals surface area contributed by atoms with Gasteiger partial charge in [-0.25, -0.2) is 0 Å². The van der Waals surface area contributed by atoms with Crippen LogP contribution in [0.5, 0.6) is 0 Å². The van der Waals surface area contributed by atoms with Crippen molar-refractivity contribution in [2.24, 2.45) is 0 Å². The molecule has 3 nitrogen and oxygen atoms in total. The Morgan fingerprint density at radius 1 is 1.53 bits per heavy atom. The zero-order valence-electron chi connectivity index (χ0n) is 8.21. The highest BCUT2D eigenvalue weighted by molar-refractivity contribution is 5.95. The summed E-state index contributed by atoms with van der Waals surface area (Å²) in [5.41, 5.74) is 0.0146. The van der Waals surface area contributed by atoms with Crippen molar-refractivity contribution >= 4 is 5.78 Å². The third kappa shape index (κ3) is 3.73. The van der Waals surface area contributed by atoms with Crippen LogP contribution in [0.1, 0.15) is 30.1 Å². The molecule has 1 rings (SSSR count). The van der Waals surface area contributed by atoms with Gasteiger partial charge in [0.25, 0.3) is 0 Å². The molecule has 0 aliphatic rings. The van der Waals surface area contributed by atoms with Gasteiger partial charge in [0, 0.05) is 12.7 Å². The van der Waals surface area contributed by atoms with Crippen molar-refractivity contribution in [3.63, 3.8) is 0 Å². The van der Waals surface area contributed by atoms with E-state index < -0.39 is 18.4 Å². The lowest BCUT2D eigenvalue weighted by molar-refractivity contribution is -0.125. The SMILES string of the molecule is CCCn1cc(C(=O)CC(F)(F)F)cn1. The Balaban J connectivity index is 2.66. The number of alkyl halides is 3. The minimum atomic E-state index is -4.45. The molecule has 0 bridgehead atoms. The first kappa shape index (κ1) is 11.7. The van der Waals surface area contributed by atoms with Crippen molar-refractivity contribution in [3.8, 4) is 0 Å². The zero-order valence-corrected chi connectivity index (χ0v) is 8.21. The molecule has 0 spiro atoms. The van der Waals surface area contributed by atoms with Gasteiger partial charge in [-0.15, -0.1) is 0 Å². The molecule has 6 heteroatoms. The van der Waals surface area contributed by atoms with Crippen LogP contribution < -0.4 is 0 Å². The van der Waals surface area contributed by atoms with Crippen molar-refractivity contribution in [1.29, 1.82) is 0 Å². The van der Waals surface area contributed by atoms with E-state index in [1.807, 2.05) is 6.92 Å². The maximum Gasteiger partial charge on any atom is 0.396 e. The van der Waals surface area contributed by atoms with Crippen molar-refractivity contribution in [2.75, 3.05) is 0 Å². The summed E-state index contributed by atoms with van der Waals surface area (Å²) in [6.45, 7) is 2.51. The summed E-state index contributed by atoms with van der Waals surface area (Å²) in [6.07, 6.45) is -2.55. The van der Waals surface area contributed by atoms with Gasteiger partial charge in [0.05, 0.1) is 11.8 Å². The molecule has 0 N–H and O–H groups in total. The number of halogens is 3. The van der Waals surface area contributed by atoms with E-state index in [-0.39, 0.29) is 5.56 Å². The van der Waals surface area contributed by atoms with E-state index in [9.17, 15) is 18.0 Å². The second-order valence-corrected chi connectivity index (χ2v) is 3.21. The molecule has 84 valence electrons. The maximum atomic E-state index is 11.9. The summed E-state index contributed by atoms with van der Waals surface area (Å²) in [7, 11) is 0. The number of aromatic nitrogens is 2. The molecule has 0 saturated carbocycles. The fraction of sp³-hybridized carbons (Fsp3) is 0.556. The third-order valence-corrected chi connectivity index (χ3v) is 1.77. The van der Waals surface area contributed by atoms with Gasteiger partial charge < -0.3 is 0 Å². The largest absolute Gasteiger partial charge is 0.396 e. The molecular formula is C9H11F3N2O. The van der Waals surface area contributed by atoms with E-state index >= 15 is 0 Å². The van der Waals surface area contributed by atoms with Gasteiger partial charge in [0.15, 0.2) is 5.78 Å². The van der Waals surface area contributed by atoms with Gasteiger partial charge in [-0.2, -0.15) is 18.3 Å². The second kappa shape index (κ2) is 4.46. The first-order valence-corrected chi connectivity index (χ1v) is 4.55. The van der Waals surface area contributed by atoms with Gasteiger partial charge in [-0.1, -0.05) is 6.92 Å². The summed E-state index contributed by atoms with van der Waals surface area (Å²) in [5, 5.41) is 3.79. The average molecular weight is 220 g/mol. The van der Waals surface area contributed by atoms with E-state index in [0.717, 1.165) is 6.42 Å². The predicted octanol–water partition coefficient (Wildman–Crippen LogP) is 2.43. The second-order valence-electron chi connectivity index (χ2n) is 3.21. The van der Waals surface area contributed by atoms with E-state index in [2.05, 4.69) is 5.10 Å². The summed E-state index contributed by atoms with van der Waals surface area (Å²) < 4.78 is 37.2. The lowest BCUT2D eigenvalue weighted by atomic mass is 10.2. The normalized spacial score (nSPS) is 11.7. The molecule has 0 saturated heterocycles. The quantitative estimate of drug-likeness (QED) is 0.730. The Hall–Kier alpha value is -1.33. The summed E-state index contributed by atoms with van der Waals surface area (Å²) in [5.74, 6) is -0.940. The number of hydrogen-bond donors (Lipinski definition) is 0. The van der Waals surface area contributed by atoms with Crippen LogP contribution in [0.15, 0.2) is 12.4 Å².